The van der Waals surface area contributed by atoms with E-state index in [4.69, 9.17) is 9.84 Å². The lowest BCUT2D eigenvalue weighted by molar-refractivity contribution is -0.142. The zero-order chi connectivity index (χ0) is 29.5. The minimum Gasteiger partial charge on any atom is -0.481 e. The third kappa shape index (κ3) is 13.9. The minimum absolute atomic E-state index is 0.0277. The summed E-state index contributed by atoms with van der Waals surface area (Å²) in [5.41, 5.74) is 1.21. The van der Waals surface area contributed by atoms with E-state index in [1.807, 2.05) is 13.8 Å². The average Bonchev–Trinajstić information content (AvgIpc) is 2.86. The van der Waals surface area contributed by atoms with Crippen molar-refractivity contribution in [1.82, 2.24) is 21.3 Å². The average molecular weight is 550 g/mol. The number of hydrogen-bond donors (Lipinski definition) is 6. The molecule has 0 heterocycles. The standard InChI is InChI=1S/C26H39N5O8/c1-15(2)24(31-25(37)20(10-11-23(35)36)30-22(34)12-27-16(3)4)26(38)28-13-21(33)29-19-8-6-18(7-9-19)14-39-17(5)32/h6-9,15-16,20,24,27H,10-14H2,1-5H3,(H,28,38)(H,29,33)(H,30,34)(H,31,37)(H,35,36). The van der Waals surface area contributed by atoms with E-state index in [0.29, 0.717) is 5.69 Å². The summed E-state index contributed by atoms with van der Waals surface area (Å²) in [5, 5.41) is 22.1. The van der Waals surface area contributed by atoms with Gasteiger partial charge in [-0.1, -0.05) is 39.8 Å². The third-order valence-electron chi connectivity index (χ3n) is 5.32. The highest BCUT2D eigenvalue weighted by atomic mass is 16.5. The summed E-state index contributed by atoms with van der Waals surface area (Å²) in [4.78, 5) is 72.2. The quantitative estimate of drug-likeness (QED) is 0.157. The van der Waals surface area contributed by atoms with Crippen LogP contribution in [0.3, 0.4) is 0 Å². The highest BCUT2D eigenvalue weighted by Gasteiger charge is 2.29. The van der Waals surface area contributed by atoms with Crippen molar-refractivity contribution in [2.24, 2.45) is 5.92 Å². The van der Waals surface area contributed by atoms with Crippen LogP contribution < -0.4 is 26.6 Å². The van der Waals surface area contributed by atoms with E-state index >= 15 is 0 Å². The lowest BCUT2D eigenvalue weighted by Gasteiger charge is -2.25. The Labute approximate surface area is 227 Å². The summed E-state index contributed by atoms with van der Waals surface area (Å²) < 4.78 is 4.91. The second kappa shape index (κ2) is 16.8. The predicted molar refractivity (Wildman–Crippen MR) is 142 cm³/mol. The monoisotopic (exact) mass is 549 g/mol. The van der Waals surface area contributed by atoms with Gasteiger partial charge in [0, 0.05) is 25.1 Å². The molecule has 216 valence electrons. The molecule has 13 nitrogen and oxygen atoms in total. The second-order valence-corrected chi connectivity index (χ2v) is 9.56. The fraction of sp³-hybridized carbons (Fsp3) is 0.538. The summed E-state index contributed by atoms with van der Waals surface area (Å²) in [5.74, 6) is -4.23. The van der Waals surface area contributed by atoms with Gasteiger partial charge in [0.2, 0.25) is 23.6 Å². The number of amides is 4. The van der Waals surface area contributed by atoms with Gasteiger partial charge in [-0.2, -0.15) is 0 Å². The Balaban J connectivity index is 2.72. The number of ether oxygens (including phenoxy) is 1. The van der Waals surface area contributed by atoms with Crippen LogP contribution in [0.15, 0.2) is 24.3 Å². The van der Waals surface area contributed by atoms with Crippen molar-refractivity contribution >= 4 is 41.3 Å². The van der Waals surface area contributed by atoms with E-state index in [9.17, 15) is 28.8 Å². The number of rotatable bonds is 16. The highest BCUT2D eigenvalue weighted by molar-refractivity contribution is 5.97. The Hall–Kier alpha value is -4.00. The Morgan fingerprint density at radius 3 is 2.05 bits per heavy atom. The number of benzene rings is 1. The van der Waals surface area contributed by atoms with Crippen LogP contribution in [0, 0.1) is 5.92 Å². The lowest BCUT2D eigenvalue weighted by atomic mass is 10.0. The maximum absolute atomic E-state index is 12.9. The number of nitrogens with one attached hydrogen (secondary N) is 5. The molecule has 0 radical (unpaired) electrons. The molecule has 2 atom stereocenters. The number of esters is 1. The summed E-state index contributed by atoms with van der Waals surface area (Å²) in [7, 11) is 0. The van der Waals surface area contributed by atoms with Crippen molar-refractivity contribution in [2.75, 3.05) is 18.4 Å². The summed E-state index contributed by atoms with van der Waals surface area (Å²) in [6.07, 6.45) is -0.525. The second-order valence-electron chi connectivity index (χ2n) is 9.56. The van der Waals surface area contributed by atoms with Gasteiger partial charge in [0.1, 0.15) is 18.7 Å². The molecule has 13 heteroatoms. The molecule has 39 heavy (non-hydrogen) atoms. The zero-order valence-electron chi connectivity index (χ0n) is 23.0. The maximum atomic E-state index is 12.9. The number of aliphatic carboxylic acids is 1. The van der Waals surface area contributed by atoms with E-state index in [2.05, 4.69) is 26.6 Å². The summed E-state index contributed by atoms with van der Waals surface area (Å²) in [6, 6.07) is 4.43. The van der Waals surface area contributed by atoms with Crippen LogP contribution in [0.1, 0.15) is 53.0 Å². The fourth-order valence-corrected chi connectivity index (χ4v) is 3.22. The van der Waals surface area contributed by atoms with E-state index in [-0.39, 0.29) is 44.5 Å². The number of anilines is 1. The largest absolute Gasteiger partial charge is 0.481 e. The molecule has 0 aliphatic carbocycles. The van der Waals surface area contributed by atoms with Crippen LogP contribution in [0.5, 0.6) is 0 Å². The molecule has 0 aliphatic rings. The first kappa shape index (κ1) is 33.0. The van der Waals surface area contributed by atoms with E-state index < -0.39 is 47.7 Å². The SMILES string of the molecule is CC(=O)OCc1ccc(NC(=O)CNC(=O)C(NC(=O)C(CCC(=O)O)NC(=O)CNC(C)C)C(C)C)cc1. The van der Waals surface area contributed by atoms with Crippen LogP contribution in [0.4, 0.5) is 5.69 Å². The number of carbonyl (C=O) groups excluding carboxylic acids is 5. The van der Waals surface area contributed by atoms with Gasteiger partial charge in [0.05, 0.1) is 13.1 Å². The third-order valence-corrected chi connectivity index (χ3v) is 5.32. The Morgan fingerprint density at radius 1 is 0.872 bits per heavy atom. The van der Waals surface area contributed by atoms with Crippen LogP contribution in [-0.2, 0) is 40.1 Å². The van der Waals surface area contributed by atoms with E-state index in [1.165, 1.54) is 6.92 Å². The molecule has 0 fully saturated rings. The van der Waals surface area contributed by atoms with Crippen LogP contribution in [0.25, 0.3) is 0 Å². The topological polar surface area (TPSA) is 192 Å². The normalized spacial score (nSPS) is 12.3. The van der Waals surface area contributed by atoms with Crippen LogP contribution >= 0.6 is 0 Å². The molecule has 0 aromatic heterocycles. The molecule has 6 N–H and O–H groups in total. The molecule has 1 aromatic rings. The molecule has 0 saturated heterocycles. The molecule has 1 rings (SSSR count). The highest BCUT2D eigenvalue weighted by Crippen LogP contribution is 2.11. The Kier molecular flexibility index (Phi) is 14.2. The molecule has 0 saturated carbocycles. The minimum atomic E-state index is -1.16. The van der Waals surface area contributed by atoms with Crippen molar-refractivity contribution in [3.8, 4) is 0 Å². The molecule has 0 bridgehead atoms. The molecule has 0 aliphatic heterocycles. The summed E-state index contributed by atoms with van der Waals surface area (Å²) in [6.45, 7) is 8.06. The van der Waals surface area contributed by atoms with Crippen molar-refractivity contribution in [3.63, 3.8) is 0 Å². The smallest absolute Gasteiger partial charge is 0.303 e. The molecule has 1 aromatic carbocycles. The van der Waals surface area contributed by atoms with Gasteiger partial charge in [-0.05, 0) is 30.0 Å². The van der Waals surface area contributed by atoms with Crippen molar-refractivity contribution < 1.29 is 38.6 Å². The Morgan fingerprint density at radius 2 is 1.51 bits per heavy atom. The molecular weight excluding hydrogens is 510 g/mol. The number of hydrogen-bond acceptors (Lipinski definition) is 8. The van der Waals surface area contributed by atoms with Crippen molar-refractivity contribution in [2.45, 2.75) is 72.2 Å². The van der Waals surface area contributed by atoms with Crippen molar-refractivity contribution in [1.29, 1.82) is 0 Å². The van der Waals surface area contributed by atoms with Gasteiger partial charge in [-0.25, -0.2) is 0 Å². The molecular formula is C26H39N5O8. The first-order chi connectivity index (χ1) is 18.3. The molecule has 0 spiro atoms. The van der Waals surface area contributed by atoms with Gasteiger partial charge in [0.15, 0.2) is 0 Å². The van der Waals surface area contributed by atoms with E-state index in [0.717, 1.165) is 5.56 Å². The van der Waals surface area contributed by atoms with Gasteiger partial charge in [-0.15, -0.1) is 0 Å². The first-order valence-corrected chi connectivity index (χ1v) is 12.6. The van der Waals surface area contributed by atoms with Gasteiger partial charge in [0.25, 0.3) is 0 Å². The van der Waals surface area contributed by atoms with Gasteiger partial charge in [-0.3, -0.25) is 28.8 Å². The van der Waals surface area contributed by atoms with E-state index in [1.54, 1.807) is 38.1 Å². The fourth-order valence-electron chi connectivity index (χ4n) is 3.22. The lowest BCUT2D eigenvalue weighted by Crippen LogP contribution is -2.56. The molecule has 4 amide bonds. The first-order valence-electron chi connectivity index (χ1n) is 12.6. The number of carboxylic acid groups (broad SMARTS) is 1. The van der Waals surface area contributed by atoms with Gasteiger partial charge >= 0.3 is 11.9 Å². The number of carbonyl (C=O) groups is 6. The van der Waals surface area contributed by atoms with Crippen LogP contribution in [0.2, 0.25) is 0 Å². The zero-order valence-corrected chi connectivity index (χ0v) is 23.0. The van der Waals surface area contributed by atoms with Crippen molar-refractivity contribution in [3.05, 3.63) is 29.8 Å². The van der Waals surface area contributed by atoms with Gasteiger partial charge < -0.3 is 36.4 Å². The summed E-state index contributed by atoms with van der Waals surface area (Å²) >= 11 is 0. The molecule has 2 unspecified atom stereocenters. The predicted octanol–water partition coefficient (Wildman–Crippen LogP) is 0.293. The maximum Gasteiger partial charge on any atom is 0.303 e. The Bertz CT molecular complexity index is 1010. The number of carboxylic acids is 1. The van der Waals surface area contributed by atoms with Crippen LogP contribution in [-0.4, -0.2) is 71.9 Å².